The first-order valence-corrected chi connectivity index (χ1v) is 20.4. The summed E-state index contributed by atoms with van der Waals surface area (Å²) in [5.41, 5.74) is 2.42. The molecule has 14 heteroatoms. The third-order valence-corrected chi connectivity index (χ3v) is 12.2. The zero-order valence-corrected chi connectivity index (χ0v) is 35.1. The number of alkyl halides is 4. The molecule has 59 heavy (non-hydrogen) atoms. The van der Waals surface area contributed by atoms with Crippen LogP contribution in [0.5, 0.6) is 0 Å². The van der Waals surface area contributed by atoms with E-state index in [1.54, 1.807) is 26.2 Å². The molecule has 2 aromatic carbocycles. The number of ether oxygens (including phenoxy) is 2. The molecule has 4 aromatic rings. The molecule has 0 radical (unpaired) electrons. The van der Waals surface area contributed by atoms with Gasteiger partial charge >= 0.3 is 0 Å². The van der Waals surface area contributed by atoms with Gasteiger partial charge in [0.15, 0.2) is 0 Å². The van der Waals surface area contributed by atoms with Crippen LogP contribution in [-0.2, 0) is 19.1 Å². The van der Waals surface area contributed by atoms with E-state index in [0.717, 1.165) is 28.9 Å². The Morgan fingerprint density at radius 3 is 1.31 bits per heavy atom. The van der Waals surface area contributed by atoms with Crippen LogP contribution < -0.4 is 10.6 Å². The molecule has 0 bridgehead atoms. The molecule has 2 amide bonds. The lowest BCUT2D eigenvalue weighted by Crippen LogP contribution is -2.54. The summed E-state index contributed by atoms with van der Waals surface area (Å²) in [5, 5.41) is 6.06. The lowest BCUT2D eigenvalue weighted by molar-refractivity contribution is -0.190. The Labute approximate surface area is 343 Å². The molecule has 318 valence electrons. The van der Waals surface area contributed by atoms with Crippen molar-refractivity contribution in [1.82, 2.24) is 30.6 Å². The van der Waals surface area contributed by atoms with Crippen LogP contribution >= 0.6 is 0 Å². The van der Waals surface area contributed by atoms with Crippen LogP contribution in [0.25, 0.3) is 22.5 Å². The molecule has 2 aromatic heterocycles. The van der Waals surface area contributed by atoms with Crippen molar-refractivity contribution in [2.75, 3.05) is 13.2 Å². The quantitative estimate of drug-likeness (QED) is 0.118. The minimum absolute atomic E-state index is 0.0753. The SMILES string of the molecule is CC(C)(C)C(NC(=O)[C@@]1(C)CCC(F)(F)CO1)c1ncc(-c2ccc([C@H]3C[C@@H]3c3ccc(-c4cnc([C@@H](NC(=O)[C@@]5(C)CCC(F)(F)CO5)C(C)(C)C)[nH]4)cc3)cc2)[nH]1. The van der Waals surface area contributed by atoms with Gasteiger partial charge in [-0.2, -0.15) is 0 Å². The molecule has 4 N–H and O–H groups in total. The first-order chi connectivity index (χ1) is 27.5. The van der Waals surface area contributed by atoms with Gasteiger partial charge in [-0.25, -0.2) is 27.5 Å². The van der Waals surface area contributed by atoms with E-state index in [1.165, 1.54) is 11.1 Å². The maximum Gasteiger partial charge on any atom is 0.271 e. The molecule has 0 spiro atoms. The number of aromatic amines is 2. The Balaban J connectivity index is 0.972. The third-order valence-electron chi connectivity index (χ3n) is 12.2. The maximum absolute atomic E-state index is 13.8. The molecule has 7 rings (SSSR count). The predicted molar refractivity (Wildman–Crippen MR) is 216 cm³/mol. The summed E-state index contributed by atoms with van der Waals surface area (Å²) in [7, 11) is 0. The summed E-state index contributed by atoms with van der Waals surface area (Å²) in [6, 6.07) is 15.8. The zero-order chi connectivity index (χ0) is 42.8. The van der Waals surface area contributed by atoms with Crippen LogP contribution in [0.1, 0.15) is 134 Å². The van der Waals surface area contributed by atoms with Gasteiger partial charge in [-0.3, -0.25) is 9.59 Å². The number of H-pyrrole nitrogens is 2. The van der Waals surface area contributed by atoms with E-state index < -0.39 is 83.8 Å². The van der Waals surface area contributed by atoms with E-state index in [1.807, 2.05) is 41.5 Å². The summed E-state index contributed by atoms with van der Waals surface area (Å²) in [4.78, 5) is 42.7. The van der Waals surface area contributed by atoms with E-state index >= 15 is 0 Å². The highest BCUT2D eigenvalue weighted by Gasteiger charge is 2.49. The van der Waals surface area contributed by atoms with Gasteiger partial charge in [-0.05, 0) is 78.0 Å². The highest BCUT2D eigenvalue weighted by Crippen LogP contribution is 2.55. The fraction of sp³-hybridized carbons (Fsp3) is 0.556. The molecule has 2 aliphatic heterocycles. The molecular weight excluding hydrogens is 765 g/mol. The van der Waals surface area contributed by atoms with Crippen LogP contribution in [0.4, 0.5) is 17.6 Å². The first-order valence-electron chi connectivity index (χ1n) is 20.4. The lowest BCUT2D eigenvalue weighted by atomic mass is 9.85. The number of hydrogen-bond acceptors (Lipinski definition) is 6. The number of carbonyl (C=O) groups excluding carboxylic acids is 2. The van der Waals surface area contributed by atoms with Gasteiger partial charge in [-0.1, -0.05) is 90.1 Å². The number of imidazole rings is 2. The molecular formula is C45H56F4N6O4. The summed E-state index contributed by atoms with van der Waals surface area (Å²) < 4.78 is 65.8. The van der Waals surface area contributed by atoms with Crippen LogP contribution in [-0.4, -0.2) is 68.0 Å². The van der Waals surface area contributed by atoms with Crippen molar-refractivity contribution in [1.29, 1.82) is 0 Å². The predicted octanol–water partition coefficient (Wildman–Crippen LogP) is 9.55. The van der Waals surface area contributed by atoms with Gasteiger partial charge in [0.1, 0.15) is 36.1 Å². The van der Waals surface area contributed by atoms with Crippen molar-refractivity contribution in [3.05, 3.63) is 83.7 Å². The minimum Gasteiger partial charge on any atom is -0.359 e. The summed E-state index contributed by atoms with van der Waals surface area (Å²) in [6.07, 6.45) is 3.56. The number of carbonyl (C=O) groups is 2. The van der Waals surface area contributed by atoms with Crippen molar-refractivity contribution in [2.45, 2.75) is 134 Å². The Morgan fingerprint density at radius 1 is 0.644 bits per heavy atom. The molecule has 3 fully saturated rings. The summed E-state index contributed by atoms with van der Waals surface area (Å²) in [5.74, 6) is -4.83. The average molecular weight is 821 g/mol. The highest BCUT2D eigenvalue weighted by atomic mass is 19.3. The van der Waals surface area contributed by atoms with Gasteiger partial charge < -0.3 is 30.1 Å². The summed E-state index contributed by atoms with van der Waals surface area (Å²) >= 11 is 0. The minimum atomic E-state index is -2.93. The molecule has 6 atom stereocenters. The Morgan fingerprint density at radius 2 is 1.00 bits per heavy atom. The number of hydrogen-bond donors (Lipinski definition) is 4. The first kappa shape index (κ1) is 42.6. The van der Waals surface area contributed by atoms with Crippen LogP contribution in [0.2, 0.25) is 0 Å². The normalized spacial score (nSPS) is 26.4. The van der Waals surface area contributed by atoms with E-state index in [4.69, 9.17) is 9.47 Å². The van der Waals surface area contributed by atoms with Gasteiger partial charge in [0, 0.05) is 12.8 Å². The topological polar surface area (TPSA) is 134 Å². The van der Waals surface area contributed by atoms with Crippen molar-refractivity contribution in [2.24, 2.45) is 10.8 Å². The monoisotopic (exact) mass is 820 g/mol. The second kappa shape index (κ2) is 15.2. The van der Waals surface area contributed by atoms with E-state index in [9.17, 15) is 27.2 Å². The van der Waals surface area contributed by atoms with Gasteiger partial charge in [0.25, 0.3) is 23.7 Å². The van der Waals surface area contributed by atoms with Crippen LogP contribution in [0.15, 0.2) is 60.9 Å². The maximum atomic E-state index is 13.8. The number of aromatic nitrogens is 4. The summed E-state index contributed by atoms with van der Waals surface area (Å²) in [6.45, 7) is 13.5. The number of halogens is 4. The van der Waals surface area contributed by atoms with Gasteiger partial charge in [-0.15, -0.1) is 0 Å². The Kier molecular flexibility index (Phi) is 10.9. The Hall–Kier alpha value is -4.56. The fourth-order valence-electron chi connectivity index (χ4n) is 7.99. The molecule has 2 saturated heterocycles. The Bertz CT molecular complexity index is 1980. The molecule has 1 unspecified atom stereocenters. The largest absolute Gasteiger partial charge is 0.359 e. The highest BCUT2D eigenvalue weighted by molar-refractivity contribution is 5.86. The van der Waals surface area contributed by atoms with Gasteiger partial charge in [0.2, 0.25) is 0 Å². The van der Waals surface area contributed by atoms with Crippen molar-refractivity contribution in [3.63, 3.8) is 0 Å². The number of nitrogens with one attached hydrogen (secondary N) is 4. The van der Waals surface area contributed by atoms with Crippen molar-refractivity contribution in [3.8, 4) is 22.5 Å². The second-order valence-corrected chi connectivity index (χ2v) is 19.4. The zero-order valence-electron chi connectivity index (χ0n) is 35.1. The van der Waals surface area contributed by atoms with Crippen molar-refractivity contribution < 1.29 is 36.6 Å². The molecule has 10 nitrogen and oxygen atoms in total. The van der Waals surface area contributed by atoms with E-state index in [-0.39, 0.29) is 12.8 Å². The fourth-order valence-corrected chi connectivity index (χ4v) is 7.99. The van der Waals surface area contributed by atoms with Gasteiger partial charge in [0.05, 0.1) is 35.9 Å². The standard InChI is InChI=1S/C45H56F4N6O4/c1-40(2,3)34(54-38(56)42(7)17-19-44(46,47)24-58-42)36-50-22-32(52-36)28-13-9-26(10-14-28)30-21-31(30)27-11-15-29(16-12-27)33-23-51-37(53-33)35(41(4,5)6)55-39(57)43(8)18-20-45(48,49)25-59-43/h9-16,22-23,30-31,34-35H,17-21,24-25H2,1-8H3,(H,50,52)(H,51,53)(H,54,56)(H,55,57)/t30-,31-,34-,35?,42-,43-/m1/s1. The van der Waals surface area contributed by atoms with Crippen LogP contribution in [0.3, 0.4) is 0 Å². The smallest absolute Gasteiger partial charge is 0.271 e. The number of amides is 2. The number of benzene rings is 2. The molecule has 3 aliphatic rings. The van der Waals surface area contributed by atoms with Crippen LogP contribution in [0, 0.1) is 10.8 Å². The van der Waals surface area contributed by atoms with Crippen molar-refractivity contribution >= 4 is 11.8 Å². The third kappa shape index (κ3) is 9.28. The average Bonchev–Trinajstić information content (AvgIpc) is 3.56. The molecule has 1 saturated carbocycles. The molecule has 1 aliphatic carbocycles. The number of rotatable bonds is 10. The van der Waals surface area contributed by atoms with E-state index in [0.29, 0.717) is 23.5 Å². The van der Waals surface area contributed by atoms with E-state index in [2.05, 4.69) is 79.1 Å². The number of nitrogens with zero attached hydrogens (tertiary/aromatic N) is 2. The molecule has 4 heterocycles. The second-order valence-electron chi connectivity index (χ2n) is 19.4. The lowest BCUT2D eigenvalue weighted by Gasteiger charge is -2.38.